The molecule has 1 rings (SSSR count). The van der Waals surface area contributed by atoms with Crippen molar-refractivity contribution in [2.45, 2.75) is 25.6 Å². The number of carbonyl (C=O) groups is 2. The molecule has 20 heavy (non-hydrogen) atoms. The number of esters is 2. The predicted molar refractivity (Wildman–Crippen MR) is 67.1 cm³/mol. The Morgan fingerprint density at radius 3 is 2.35 bits per heavy atom. The Balaban J connectivity index is 3.00. The number of nitriles is 1. The molecule has 0 heterocycles. The van der Waals surface area contributed by atoms with Crippen LogP contribution in [0.2, 0.25) is 0 Å². The number of nitrogens with zero attached hydrogens (tertiary/aromatic N) is 1. The molecule has 0 aliphatic carbocycles. The van der Waals surface area contributed by atoms with Crippen LogP contribution in [-0.4, -0.2) is 25.2 Å². The minimum atomic E-state index is -2.96. The maximum Gasteiger partial charge on any atom is 0.364 e. The van der Waals surface area contributed by atoms with Crippen LogP contribution in [0.25, 0.3) is 0 Å². The number of rotatable bonds is 4. The predicted octanol–water partition coefficient (Wildman–Crippen LogP) is 1.79. The van der Waals surface area contributed by atoms with E-state index in [0.29, 0.717) is 0 Å². The molecule has 0 bridgehead atoms. The standard InChI is InChI=1S/C14H14FNO4/c1-9-4-6-11(7-5-9)14(15,8-16)13(18)20-10(2)12(17)19-3/h4-7,10H,1-3H3/t10-,14-/m0/s1. The molecule has 0 radical (unpaired) electrons. The molecule has 0 saturated heterocycles. The van der Waals surface area contributed by atoms with Crippen LogP contribution >= 0.6 is 0 Å². The number of benzene rings is 1. The highest BCUT2D eigenvalue weighted by Crippen LogP contribution is 2.28. The van der Waals surface area contributed by atoms with Gasteiger partial charge in [-0.2, -0.15) is 5.26 Å². The van der Waals surface area contributed by atoms with E-state index < -0.39 is 23.7 Å². The summed E-state index contributed by atoms with van der Waals surface area (Å²) in [5.74, 6) is -2.27. The number of carbonyl (C=O) groups excluding carboxylic acids is 2. The van der Waals surface area contributed by atoms with E-state index in [0.717, 1.165) is 12.7 Å². The van der Waals surface area contributed by atoms with Crippen molar-refractivity contribution in [2.75, 3.05) is 7.11 Å². The van der Waals surface area contributed by atoms with Gasteiger partial charge < -0.3 is 9.47 Å². The lowest BCUT2D eigenvalue weighted by atomic mass is 9.96. The number of hydrogen-bond acceptors (Lipinski definition) is 5. The van der Waals surface area contributed by atoms with E-state index in [4.69, 9.17) is 5.26 Å². The fourth-order valence-electron chi connectivity index (χ4n) is 1.47. The first-order valence-electron chi connectivity index (χ1n) is 5.81. The van der Waals surface area contributed by atoms with Crippen molar-refractivity contribution in [3.63, 3.8) is 0 Å². The van der Waals surface area contributed by atoms with Gasteiger partial charge in [-0.15, -0.1) is 0 Å². The van der Waals surface area contributed by atoms with E-state index >= 15 is 0 Å². The van der Waals surface area contributed by atoms with Crippen LogP contribution in [0.1, 0.15) is 18.1 Å². The van der Waals surface area contributed by atoms with Gasteiger partial charge in [0, 0.05) is 5.56 Å². The molecule has 0 aliphatic heterocycles. The number of alkyl halides is 1. The third-order valence-corrected chi connectivity index (χ3v) is 2.70. The van der Waals surface area contributed by atoms with Gasteiger partial charge in [-0.1, -0.05) is 29.8 Å². The smallest absolute Gasteiger partial charge is 0.364 e. The van der Waals surface area contributed by atoms with E-state index in [-0.39, 0.29) is 5.56 Å². The molecule has 0 N–H and O–H groups in total. The van der Waals surface area contributed by atoms with E-state index in [1.807, 2.05) is 0 Å². The lowest BCUT2D eigenvalue weighted by molar-refractivity contribution is -0.171. The summed E-state index contributed by atoms with van der Waals surface area (Å²) >= 11 is 0. The molecule has 0 unspecified atom stereocenters. The van der Waals surface area contributed by atoms with Crippen LogP contribution in [0.3, 0.4) is 0 Å². The summed E-state index contributed by atoms with van der Waals surface area (Å²) in [5.41, 5.74) is -2.26. The largest absolute Gasteiger partial charge is 0.466 e. The minimum absolute atomic E-state index is 0.146. The van der Waals surface area contributed by atoms with Gasteiger partial charge in [0.05, 0.1) is 7.11 Å². The number of methoxy groups -OCH3 is 1. The van der Waals surface area contributed by atoms with E-state index in [1.165, 1.54) is 25.1 Å². The quantitative estimate of drug-likeness (QED) is 0.785. The highest BCUT2D eigenvalue weighted by molar-refractivity contribution is 5.87. The maximum absolute atomic E-state index is 14.5. The fraction of sp³-hybridized carbons (Fsp3) is 0.357. The van der Waals surface area contributed by atoms with E-state index in [9.17, 15) is 14.0 Å². The van der Waals surface area contributed by atoms with Crippen molar-refractivity contribution < 1.29 is 23.5 Å². The highest BCUT2D eigenvalue weighted by atomic mass is 19.1. The first-order valence-corrected chi connectivity index (χ1v) is 5.81. The Kier molecular flexibility index (Phi) is 4.81. The van der Waals surface area contributed by atoms with Gasteiger partial charge in [0.25, 0.3) is 0 Å². The third-order valence-electron chi connectivity index (χ3n) is 2.70. The van der Waals surface area contributed by atoms with Crippen LogP contribution in [0.15, 0.2) is 24.3 Å². The summed E-state index contributed by atoms with van der Waals surface area (Å²) in [6, 6.07) is 7.06. The molecule has 0 aromatic heterocycles. The topological polar surface area (TPSA) is 76.4 Å². The van der Waals surface area contributed by atoms with Crippen LogP contribution in [-0.2, 0) is 24.7 Å². The van der Waals surface area contributed by atoms with Gasteiger partial charge in [-0.25, -0.2) is 14.0 Å². The van der Waals surface area contributed by atoms with Gasteiger partial charge in [0.15, 0.2) is 6.10 Å². The number of aryl methyl sites for hydroxylation is 1. The zero-order chi connectivity index (χ0) is 15.3. The SMILES string of the molecule is COC(=O)[C@H](C)OC(=O)[C@](F)(C#N)c1ccc(C)cc1. The second-order valence-electron chi connectivity index (χ2n) is 4.21. The lowest BCUT2D eigenvalue weighted by Gasteiger charge is -2.19. The zero-order valence-electron chi connectivity index (χ0n) is 11.3. The van der Waals surface area contributed by atoms with E-state index in [2.05, 4.69) is 9.47 Å². The molecule has 5 nitrogen and oxygen atoms in total. The summed E-state index contributed by atoms with van der Waals surface area (Å²) in [6.45, 7) is 3.02. The summed E-state index contributed by atoms with van der Waals surface area (Å²) in [5, 5.41) is 8.95. The van der Waals surface area contributed by atoms with E-state index in [1.54, 1.807) is 19.1 Å². The minimum Gasteiger partial charge on any atom is -0.466 e. The Hall–Kier alpha value is -2.42. The van der Waals surface area contributed by atoms with Crippen molar-refractivity contribution in [1.82, 2.24) is 0 Å². The molecule has 0 fully saturated rings. The summed E-state index contributed by atoms with van der Waals surface area (Å²) < 4.78 is 23.5. The van der Waals surface area contributed by atoms with Crippen LogP contribution in [0.5, 0.6) is 0 Å². The third kappa shape index (κ3) is 3.12. The monoisotopic (exact) mass is 279 g/mol. The van der Waals surface area contributed by atoms with Crippen molar-refractivity contribution >= 4 is 11.9 Å². The van der Waals surface area contributed by atoms with Gasteiger partial charge >= 0.3 is 17.6 Å². The molecular weight excluding hydrogens is 265 g/mol. The number of hydrogen-bond donors (Lipinski definition) is 0. The molecule has 106 valence electrons. The molecule has 1 aromatic carbocycles. The van der Waals surface area contributed by atoms with Crippen LogP contribution in [0.4, 0.5) is 4.39 Å². The first-order chi connectivity index (χ1) is 9.35. The maximum atomic E-state index is 14.5. The molecule has 1 aromatic rings. The second kappa shape index (κ2) is 6.15. The molecular formula is C14H14FNO4. The van der Waals surface area contributed by atoms with Crippen molar-refractivity contribution in [3.8, 4) is 6.07 Å². The van der Waals surface area contributed by atoms with Crippen molar-refractivity contribution in [3.05, 3.63) is 35.4 Å². The molecule has 0 aliphatic rings. The summed E-state index contributed by atoms with van der Waals surface area (Å²) in [4.78, 5) is 22.9. The summed E-state index contributed by atoms with van der Waals surface area (Å²) in [6.07, 6.45) is -1.29. The van der Waals surface area contributed by atoms with Gasteiger partial charge in [-0.3, -0.25) is 0 Å². The Morgan fingerprint density at radius 1 is 1.35 bits per heavy atom. The van der Waals surface area contributed by atoms with Gasteiger partial charge in [0.2, 0.25) is 0 Å². The Labute approximate surface area is 115 Å². The van der Waals surface area contributed by atoms with Crippen molar-refractivity contribution in [2.24, 2.45) is 0 Å². The van der Waals surface area contributed by atoms with Gasteiger partial charge in [0.1, 0.15) is 6.07 Å². The summed E-state index contributed by atoms with van der Waals surface area (Å²) in [7, 11) is 1.11. The van der Waals surface area contributed by atoms with Gasteiger partial charge in [-0.05, 0) is 13.8 Å². The lowest BCUT2D eigenvalue weighted by Crippen LogP contribution is -2.36. The molecule has 0 spiro atoms. The average Bonchev–Trinajstić information content (AvgIpc) is 2.45. The second-order valence-corrected chi connectivity index (χ2v) is 4.21. The fourth-order valence-corrected chi connectivity index (χ4v) is 1.47. The number of ether oxygens (including phenoxy) is 2. The molecule has 2 atom stereocenters. The van der Waals surface area contributed by atoms with Crippen molar-refractivity contribution in [1.29, 1.82) is 5.26 Å². The Morgan fingerprint density at radius 2 is 1.90 bits per heavy atom. The molecule has 0 amide bonds. The first kappa shape index (κ1) is 15.6. The Bertz CT molecular complexity index is 549. The normalized spacial score (nSPS) is 14.6. The number of halogens is 1. The average molecular weight is 279 g/mol. The molecule has 0 saturated carbocycles. The highest BCUT2D eigenvalue weighted by Gasteiger charge is 2.44. The van der Waals surface area contributed by atoms with Crippen LogP contribution in [0, 0.1) is 18.3 Å². The van der Waals surface area contributed by atoms with Crippen LogP contribution < -0.4 is 0 Å². The molecule has 6 heteroatoms. The zero-order valence-corrected chi connectivity index (χ0v) is 11.3.